The van der Waals surface area contributed by atoms with Crippen LogP contribution in [-0.4, -0.2) is 70.4 Å². The fraction of sp³-hybridized carbons (Fsp3) is 0.349. The van der Waals surface area contributed by atoms with Gasteiger partial charge in [0.15, 0.2) is 0 Å². The normalized spacial score (nSPS) is 14.0. The fourth-order valence-electron chi connectivity index (χ4n) is 6.57. The minimum absolute atomic E-state index is 0.0875. The summed E-state index contributed by atoms with van der Waals surface area (Å²) < 4.78 is 16.4. The maximum Gasteiger partial charge on any atom is 0.323 e. The second-order valence-electron chi connectivity index (χ2n) is 14.5. The molecule has 4 N–H and O–H groups in total. The van der Waals surface area contributed by atoms with Gasteiger partial charge >= 0.3 is 6.01 Å². The Kier molecular flexibility index (Phi) is 12.6. The summed E-state index contributed by atoms with van der Waals surface area (Å²) in [5.41, 5.74) is 4.82. The molecule has 1 aromatic heterocycles. The second kappa shape index (κ2) is 17.6. The number of hydrogen-bond acceptors (Lipinski definition) is 11. The van der Waals surface area contributed by atoms with Crippen LogP contribution in [0.4, 0.5) is 17.6 Å². The van der Waals surface area contributed by atoms with E-state index in [2.05, 4.69) is 30.9 Å². The number of rotatable bonds is 18. The van der Waals surface area contributed by atoms with Gasteiger partial charge in [0.05, 0.1) is 38.5 Å². The van der Waals surface area contributed by atoms with E-state index in [9.17, 15) is 9.90 Å². The Hall–Kier alpha value is -5.43. The molecule has 0 aliphatic heterocycles. The monoisotopic (exact) mass is 779 g/mol. The van der Waals surface area contributed by atoms with Crippen LogP contribution in [0.1, 0.15) is 64.9 Å². The van der Waals surface area contributed by atoms with E-state index in [0.717, 1.165) is 52.2 Å². The molecule has 1 unspecified atom stereocenters. The maximum atomic E-state index is 14.2. The predicted molar refractivity (Wildman–Crippen MR) is 219 cm³/mol. The van der Waals surface area contributed by atoms with Crippen molar-refractivity contribution in [2.45, 2.75) is 64.8 Å². The SMILES string of the molecule is CCOc1nc(Nc2ccc(C(=O)N(Cc3ccc(OC)cc3C)CC(C)(O)CNCc3ccc(OC)cc3C)cc2)nc(NC2(c3ccc(Cl)cc3)CC2)n1. The van der Waals surface area contributed by atoms with Gasteiger partial charge in [0.1, 0.15) is 11.5 Å². The minimum atomic E-state index is -1.24. The smallest absolute Gasteiger partial charge is 0.323 e. The molecular formula is C43H50ClN7O5. The average Bonchev–Trinajstić information content (AvgIpc) is 3.96. The first-order chi connectivity index (χ1) is 26.9. The van der Waals surface area contributed by atoms with Gasteiger partial charge in [0.2, 0.25) is 11.9 Å². The van der Waals surface area contributed by atoms with E-state index < -0.39 is 5.60 Å². The molecule has 0 spiro atoms. The number of hydrogen-bond donors (Lipinski definition) is 4. The molecule has 1 saturated carbocycles. The highest BCUT2D eigenvalue weighted by molar-refractivity contribution is 6.30. The number of aryl methyl sites for hydroxylation is 2. The van der Waals surface area contributed by atoms with Gasteiger partial charge in [-0.05, 0) is 129 Å². The standard InChI is InChI=1S/C43H50ClN7O5/c1-7-56-41-48-39(47-40(49-41)50-43(20-21-43)33-12-14-34(44)15-13-33)46-35-16-8-30(9-17-35)38(52)51(25-32-11-19-37(55-6)23-29(32)3)27-42(4,53)26-45-24-31-10-18-36(54-5)22-28(31)2/h8-19,22-23,45,53H,7,20-21,24-27H2,1-6H3,(H2,46,47,48,49,50). The number of aromatic nitrogens is 3. The first kappa shape index (κ1) is 40.2. The van der Waals surface area contributed by atoms with Gasteiger partial charge in [0.25, 0.3) is 5.91 Å². The lowest BCUT2D eigenvalue weighted by molar-refractivity contribution is 0.0162. The van der Waals surface area contributed by atoms with Crippen molar-refractivity contribution < 1.29 is 24.1 Å². The second-order valence-corrected chi connectivity index (χ2v) is 14.9. The van der Waals surface area contributed by atoms with Crippen molar-refractivity contribution in [3.8, 4) is 17.5 Å². The largest absolute Gasteiger partial charge is 0.497 e. The van der Waals surface area contributed by atoms with Crippen LogP contribution in [0.5, 0.6) is 17.5 Å². The van der Waals surface area contributed by atoms with Crippen molar-refractivity contribution in [3.05, 3.63) is 123 Å². The number of carbonyl (C=O) groups is 1. The Bertz CT molecular complexity index is 2130. The molecule has 294 valence electrons. The number of nitrogens with zero attached hydrogens (tertiary/aromatic N) is 4. The lowest BCUT2D eigenvalue weighted by Gasteiger charge is -2.32. The van der Waals surface area contributed by atoms with Crippen molar-refractivity contribution in [2.75, 3.05) is 44.5 Å². The van der Waals surface area contributed by atoms with E-state index in [-0.39, 0.29) is 30.5 Å². The number of anilines is 3. The fourth-order valence-corrected chi connectivity index (χ4v) is 6.69. The number of amides is 1. The molecule has 1 amide bonds. The van der Waals surface area contributed by atoms with Crippen LogP contribution in [0.2, 0.25) is 5.02 Å². The summed E-state index contributed by atoms with van der Waals surface area (Å²) in [6.45, 7) is 9.21. The number of halogens is 1. The number of methoxy groups -OCH3 is 2. The molecular weight excluding hydrogens is 730 g/mol. The van der Waals surface area contributed by atoms with Crippen molar-refractivity contribution in [2.24, 2.45) is 0 Å². The highest BCUT2D eigenvalue weighted by atomic mass is 35.5. The van der Waals surface area contributed by atoms with Crippen LogP contribution < -0.4 is 30.2 Å². The zero-order valence-electron chi connectivity index (χ0n) is 32.8. The van der Waals surface area contributed by atoms with Crippen molar-refractivity contribution in [1.82, 2.24) is 25.2 Å². The number of aliphatic hydroxyl groups is 1. The summed E-state index contributed by atoms with van der Waals surface area (Å²) >= 11 is 6.14. The van der Waals surface area contributed by atoms with Gasteiger partial charge in [0, 0.05) is 35.9 Å². The van der Waals surface area contributed by atoms with Crippen molar-refractivity contribution in [3.63, 3.8) is 0 Å². The van der Waals surface area contributed by atoms with E-state index >= 15 is 0 Å². The van der Waals surface area contributed by atoms with Crippen LogP contribution in [0.3, 0.4) is 0 Å². The van der Waals surface area contributed by atoms with Gasteiger partial charge < -0.3 is 40.2 Å². The summed E-state index contributed by atoms with van der Waals surface area (Å²) in [6.07, 6.45) is 1.85. The Morgan fingerprint density at radius 1 is 0.875 bits per heavy atom. The van der Waals surface area contributed by atoms with Crippen LogP contribution >= 0.6 is 11.6 Å². The third-order valence-electron chi connectivity index (χ3n) is 9.87. The quantitative estimate of drug-likeness (QED) is 0.0699. The van der Waals surface area contributed by atoms with Gasteiger partial charge in [-0.15, -0.1) is 0 Å². The summed E-state index contributed by atoms with van der Waals surface area (Å²) in [5, 5.41) is 22.4. The van der Waals surface area contributed by atoms with Gasteiger partial charge in [-0.2, -0.15) is 15.0 Å². The molecule has 1 aliphatic carbocycles. The highest BCUT2D eigenvalue weighted by Gasteiger charge is 2.45. The predicted octanol–water partition coefficient (Wildman–Crippen LogP) is 7.59. The zero-order valence-corrected chi connectivity index (χ0v) is 33.5. The lowest BCUT2D eigenvalue weighted by atomic mass is 10.0. The van der Waals surface area contributed by atoms with Crippen molar-refractivity contribution in [1.29, 1.82) is 0 Å². The average molecular weight is 780 g/mol. The number of ether oxygens (including phenoxy) is 3. The molecule has 13 heteroatoms. The highest BCUT2D eigenvalue weighted by Crippen LogP contribution is 2.48. The number of nitrogens with one attached hydrogen (secondary N) is 3. The van der Waals surface area contributed by atoms with Gasteiger partial charge in [-0.1, -0.05) is 35.9 Å². The summed E-state index contributed by atoms with van der Waals surface area (Å²) in [6, 6.07) is 26.8. The van der Waals surface area contributed by atoms with Crippen molar-refractivity contribution >= 4 is 35.1 Å². The van der Waals surface area contributed by atoms with Crippen LogP contribution in [0.25, 0.3) is 0 Å². The van der Waals surface area contributed by atoms with E-state index in [0.29, 0.717) is 47.9 Å². The number of benzene rings is 4. The molecule has 1 aliphatic rings. The van der Waals surface area contributed by atoms with E-state index in [4.69, 9.17) is 25.8 Å². The van der Waals surface area contributed by atoms with E-state index in [1.807, 2.05) is 81.4 Å². The maximum absolute atomic E-state index is 14.2. The third kappa shape index (κ3) is 10.2. The summed E-state index contributed by atoms with van der Waals surface area (Å²) in [7, 11) is 3.27. The third-order valence-corrected chi connectivity index (χ3v) is 10.1. The molecule has 5 aromatic rings. The van der Waals surface area contributed by atoms with Gasteiger partial charge in [-0.3, -0.25) is 4.79 Å². The Morgan fingerprint density at radius 2 is 1.50 bits per heavy atom. The van der Waals surface area contributed by atoms with E-state index in [1.54, 1.807) is 50.3 Å². The summed E-state index contributed by atoms with van der Waals surface area (Å²) in [4.78, 5) is 29.6. The molecule has 0 radical (unpaired) electrons. The molecule has 12 nitrogen and oxygen atoms in total. The van der Waals surface area contributed by atoms with Crippen LogP contribution in [-0.2, 0) is 18.6 Å². The van der Waals surface area contributed by atoms with Gasteiger partial charge in [-0.25, -0.2) is 0 Å². The Morgan fingerprint density at radius 3 is 2.09 bits per heavy atom. The Balaban J connectivity index is 1.17. The van der Waals surface area contributed by atoms with Crippen LogP contribution in [0, 0.1) is 13.8 Å². The minimum Gasteiger partial charge on any atom is -0.497 e. The molecule has 0 saturated heterocycles. The lowest BCUT2D eigenvalue weighted by Crippen LogP contribution is -2.49. The molecule has 0 bridgehead atoms. The first-order valence-electron chi connectivity index (χ1n) is 18.7. The molecule has 1 fully saturated rings. The number of carbonyl (C=O) groups excluding carboxylic acids is 1. The van der Waals surface area contributed by atoms with Crippen LogP contribution in [0.15, 0.2) is 84.9 Å². The first-order valence-corrected chi connectivity index (χ1v) is 19.1. The molecule has 1 heterocycles. The molecule has 6 rings (SSSR count). The van der Waals surface area contributed by atoms with E-state index in [1.165, 1.54) is 0 Å². The summed E-state index contributed by atoms with van der Waals surface area (Å²) in [5.74, 6) is 1.99. The molecule has 1 atom stereocenters. The topological polar surface area (TPSA) is 143 Å². The molecule has 56 heavy (non-hydrogen) atoms. The molecule has 4 aromatic carbocycles. The Labute approximate surface area is 333 Å². The zero-order chi connectivity index (χ0) is 39.9.